The Hall–Kier alpha value is 0.530. The SMILES string of the molecule is CCCCCC1CC1CC1CC1CCCCCCCCOP(O)(O)=S. The van der Waals surface area contributed by atoms with Crippen LogP contribution in [0.5, 0.6) is 0 Å². The van der Waals surface area contributed by atoms with E-state index in [0.29, 0.717) is 6.61 Å². The maximum absolute atomic E-state index is 8.95. The summed E-state index contributed by atoms with van der Waals surface area (Å²) in [5.41, 5.74) is 0. The van der Waals surface area contributed by atoms with E-state index in [2.05, 4.69) is 18.7 Å². The van der Waals surface area contributed by atoms with Crippen molar-refractivity contribution in [1.29, 1.82) is 0 Å². The average Bonchev–Trinajstić information content (AvgIpc) is 3.45. The van der Waals surface area contributed by atoms with Crippen LogP contribution in [0.15, 0.2) is 0 Å². The molecule has 2 fully saturated rings. The predicted molar refractivity (Wildman–Crippen MR) is 109 cm³/mol. The molecule has 3 nitrogen and oxygen atoms in total. The lowest BCUT2D eigenvalue weighted by Crippen LogP contribution is -1.92. The molecule has 2 aliphatic carbocycles. The molecule has 0 spiro atoms. The highest BCUT2D eigenvalue weighted by Gasteiger charge is 2.44. The van der Waals surface area contributed by atoms with Gasteiger partial charge in [-0.1, -0.05) is 71.1 Å². The number of hydrogen-bond donors (Lipinski definition) is 2. The van der Waals surface area contributed by atoms with E-state index in [1.165, 1.54) is 70.6 Å². The highest BCUT2D eigenvalue weighted by Crippen LogP contribution is 2.54. The smallest absolute Gasteiger partial charge is 0.321 e. The molecule has 0 aliphatic heterocycles. The minimum absolute atomic E-state index is 0.384. The molecule has 4 atom stereocenters. The van der Waals surface area contributed by atoms with Gasteiger partial charge in [0.15, 0.2) is 0 Å². The van der Waals surface area contributed by atoms with Crippen LogP contribution in [0.1, 0.15) is 96.8 Å². The lowest BCUT2D eigenvalue weighted by Gasteiger charge is -2.07. The average molecular weight is 391 g/mol. The standard InChI is InChI=1S/C20H39O3PS/c1-2-3-8-11-17-14-19(17)16-20-15-18(20)12-9-6-4-5-7-10-13-23-24(21,22)25/h17-20H,2-16H2,1H3,(H2,21,22,25). The molecular weight excluding hydrogens is 351 g/mol. The summed E-state index contributed by atoms with van der Waals surface area (Å²) >= 11 is 4.42. The molecular formula is C20H39O3PS. The van der Waals surface area contributed by atoms with Crippen LogP contribution in [0, 0.1) is 23.7 Å². The lowest BCUT2D eigenvalue weighted by atomic mass is 10.0. The summed E-state index contributed by atoms with van der Waals surface area (Å²) in [7, 11) is 0. The molecule has 0 aromatic rings. The highest BCUT2D eigenvalue weighted by atomic mass is 32.5. The Kier molecular flexibility index (Phi) is 9.94. The van der Waals surface area contributed by atoms with Crippen LogP contribution < -0.4 is 0 Å². The summed E-state index contributed by atoms with van der Waals surface area (Å²) in [5, 5.41) is 0. The molecule has 0 heterocycles. The van der Waals surface area contributed by atoms with Crippen molar-refractivity contribution in [1.82, 2.24) is 0 Å². The van der Waals surface area contributed by atoms with Crippen LogP contribution in [0.3, 0.4) is 0 Å². The second kappa shape index (κ2) is 11.4. The maximum atomic E-state index is 8.95. The molecule has 0 radical (unpaired) electrons. The van der Waals surface area contributed by atoms with Crippen molar-refractivity contribution in [2.45, 2.75) is 96.8 Å². The van der Waals surface area contributed by atoms with Gasteiger partial charge in [0.25, 0.3) is 0 Å². The van der Waals surface area contributed by atoms with E-state index in [9.17, 15) is 0 Å². The van der Waals surface area contributed by atoms with Gasteiger partial charge in [-0.25, -0.2) is 0 Å². The Morgan fingerprint density at radius 1 is 0.800 bits per heavy atom. The summed E-state index contributed by atoms with van der Waals surface area (Å²) in [6.45, 7) is -0.743. The molecule has 25 heavy (non-hydrogen) atoms. The zero-order chi connectivity index (χ0) is 18.1. The minimum Gasteiger partial charge on any atom is -0.325 e. The molecule has 0 bridgehead atoms. The molecule has 2 N–H and O–H groups in total. The van der Waals surface area contributed by atoms with Gasteiger partial charge in [0.2, 0.25) is 0 Å². The van der Waals surface area contributed by atoms with Crippen LogP contribution in [-0.4, -0.2) is 16.4 Å². The first-order chi connectivity index (χ1) is 12.0. The van der Waals surface area contributed by atoms with Gasteiger partial charge in [-0.3, -0.25) is 0 Å². The first-order valence-corrected chi connectivity index (χ1v) is 13.3. The largest absolute Gasteiger partial charge is 0.325 e. The third-order valence-corrected chi connectivity index (χ3v) is 6.99. The Bertz CT molecular complexity index is 412. The fourth-order valence-corrected chi connectivity index (χ4v) is 4.94. The van der Waals surface area contributed by atoms with Crippen molar-refractivity contribution in [3.05, 3.63) is 0 Å². The van der Waals surface area contributed by atoms with Crippen LogP contribution in [0.4, 0.5) is 0 Å². The summed E-state index contributed by atoms with van der Waals surface area (Å²) in [6, 6.07) is 0. The fourth-order valence-electron chi connectivity index (χ4n) is 4.35. The molecule has 0 saturated heterocycles. The molecule has 5 heteroatoms. The van der Waals surface area contributed by atoms with Crippen molar-refractivity contribution in [2.24, 2.45) is 23.7 Å². The molecule has 2 aliphatic rings. The molecule has 148 valence electrons. The molecule has 2 rings (SSSR count). The lowest BCUT2D eigenvalue weighted by molar-refractivity contribution is 0.245. The first kappa shape index (κ1) is 21.8. The van der Waals surface area contributed by atoms with Crippen LogP contribution in [0.2, 0.25) is 0 Å². The Morgan fingerprint density at radius 2 is 1.32 bits per heavy atom. The van der Waals surface area contributed by atoms with Crippen molar-refractivity contribution in [2.75, 3.05) is 6.61 Å². The summed E-state index contributed by atoms with van der Waals surface area (Å²) in [4.78, 5) is 17.9. The topological polar surface area (TPSA) is 49.7 Å². The Morgan fingerprint density at radius 3 is 1.88 bits per heavy atom. The van der Waals surface area contributed by atoms with Crippen molar-refractivity contribution < 1.29 is 14.3 Å². The number of hydrogen-bond acceptors (Lipinski definition) is 2. The molecule has 0 aromatic carbocycles. The van der Waals surface area contributed by atoms with Crippen molar-refractivity contribution >= 4 is 18.5 Å². The van der Waals surface area contributed by atoms with Crippen LogP contribution >= 0.6 is 6.72 Å². The van der Waals surface area contributed by atoms with Crippen molar-refractivity contribution in [3.8, 4) is 0 Å². The number of unbranched alkanes of at least 4 members (excludes halogenated alkanes) is 7. The van der Waals surface area contributed by atoms with E-state index < -0.39 is 6.72 Å². The fraction of sp³-hybridized carbons (Fsp3) is 1.00. The van der Waals surface area contributed by atoms with E-state index in [4.69, 9.17) is 14.3 Å². The Labute approximate surface area is 160 Å². The van der Waals surface area contributed by atoms with E-state index in [1.54, 1.807) is 6.42 Å². The molecule has 0 amide bonds. The van der Waals surface area contributed by atoms with Gasteiger partial charge in [-0.15, -0.1) is 0 Å². The Balaban J connectivity index is 1.33. The van der Waals surface area contributed by atoms with Gasteiger partial charge in [-0.2, -0.15) is 0 Å². The summed E-state index contributed by atoms with van der Waals surface area (Å²) < 4.78 is 4.82. The van der Waals surface area contributed by atoms with Crippen LogP contribution in [0.25, 0.3) is 0 Å². The molecule has 0 aromatic heterocycles. The molecule has 2 saturated carbocycles. The van der Waals surface area contributed by atoms with Crippen LogP contribution in [-0.2, 0) is 16.3 Å². The predicted octanol–water partition coefficient (Wildman–Crippen LogP) is 6.19. The first-order valence-electron chi connectivity index (χ1n) is 10.7. The van der Waals surface area contributed by atoms with E-state index in [-0.39, 0.29) is 0 Å². The normalized spacial score (nSPS) is 28.3. The second-order valence-electron chi connectivity index (χ2n) is 8.48. The minimum atomic E-state index is -3.43. The summed E-state index contributed by atoms with van der Waals surface area (Å²) in [6.07, 6.45) is 19.1. The zero-order valence-corrected chi connectivity index (χ0v) is 17.8. The monoisotopic (exact) mass is 390 g/mol. The summed E-state index contributed by atoms with van der Waals surface area (Å²) in [5.74, 6) is 4.34. The maximum Gasteiger partial charge on any atom is 0.321 e. The molecule has 4 unspecified atom stereocenters. The third kappa shape index (κ3) is 10.4. The number of rotatable bonds is 16. The van der Waals surface area contributed by atoms with Gasteiger partial charge >= 0.3 is 6.72 Å². The third-order valence-electron chi connectivity index (χ3n) is 6.15. The van der Waals surface area contributed by atoms with Gasteiger partial charge in [0.1, 0.15) is 0 Å². The quantitative estimate of drug-likeness (QED) is 0.244. The van der Waals surface area contributed by atoms with Crippen molar-refractivity contribution in [3.63, 3.8) is 0 Å². The van der Waals surface area contributed by atoms with E-state index in [1.807, 2.05) is 0 Å². The highest BCUT2D eigenvalue weighted by molar-refractivity contribution is 8.06. The van der Waals surface area contributed by atoms with Gasteiger partial charge in [0.05, 0.1) is 6.61 Å². The van der Waals surface area contributed by atoms with Gasteiger partial charge in [-0.05, 0) is 61.2 Å². The van der Waals surface area contributed by atoms with Gasteiger partial charge in [0, 0.05) is 0 Å². The van der Waals surface area contributed by atoms with Gasteiger partial charge < -0.3 is 14.3 Å². The zero-order valence-electron chi connectivity index (χ0n) is 16.1. The van der Waals surface area contributed by atoms with E-state index >= 15 is 0 Å². The van der Waals surface area contributed by atoms with E-state index in [0.717, 1.165) is 36.5 Å². The second-order valence-corrected chi connectivity index (χ2v) is 11.1.